The maximum atomic E-state index is 13.2. The largest absolute Gasteiger partial charge is 0.335 e. The molecule has 2 aromatic carbocycles. The van der Waals surface area contributed by atoms with Crippen molar-refractivity contribution in [2.45, 2.75) is 13.8 Å². The number of nitrogens with zero attached hydrogens (tertiary/aromatic N) is 3. The molecular formula is C22H16N4O2S. The van der Waals surface area contributed by atoms with Crippen LogP contribution in [0.1, 0.15) is 21.6 Å². The number of anilines is 1. The molecule has 0 aliphatic carbocycles. The second-order valence-electron chi connectivity index (χ2n) is 6.76. The SMILES string of the molecule is Cc1cccc2sc(NC(=O)c3cc(-c4ccccc4)nc4onc(C)c34)nc12. The average Bonchev–Trinajstić information content (AvgIpc) is 3.32. The van der Waals surface area contributed by atoms with Gasteiger partial charge in [-0.05, 0) is 31.5 Å². The van der Waals surface area contributed by atoms with Gasteiger partial charge in [0.1, 0.15) is 0 Å². The van der Waals surface area contributed by atoms with E-state index in [0.717, 1.165) is 21.3 Å². The summed E-state index contributed by atoms with van der Waals surface area (Å²) in [6, 6.07) is 17.4. The molecule has 6 nitrogen and oxygen atoms in total. The molecule has 0 bridgehead atoms. The van der Waals surface area contributed by atoms with Crippen molar-refractivity contribution in [3.8, 4) is 11.3 Å². The van der Waals surface area contributed by atoms with E-state index >= 15 is 0 Å². The third-order valence-corrected chi connectivity index (χ3v) is 5.71. The summed E-state index contributed by atoms with van der Waals surface area (Å²) in [5.74, 6) is -0.266. The molecule has 5 aromatic rings. The van der Waals surface area contributed by atoms with E-state index in [1.165, 1.54) is 11.3 Å². The average molecular weight is 400 g/mol. The van der Waals surface area contributed by atoms with Crippen LogP contribution < -0.4 is 5.32 Å². The van der Waals surface area contributed by atoms with Gasteiger partial charge in [0, 0.05) is 5.56 Å². The third kappa shape index (κ3) is 3.05. The summed E-state index contributed by atoms with van der Waals surface area (Å²) >= 11 is 1.45. The number of carbonyl (C=O) groups is 1. The molecule has 142 valence electrons. The van der Waals surface area contributed by atoms with Gasteiger partial charge in [0.05, 0.1) is 32.6 Å². The smallest absolute Gasteiger partial charge is 0.259 e. The van der Waals surface area contributed by atoms with Gasteiger partial charge in [0.15, 0.2) is 5.13 Å². The number of rotatable bonds is 3. The first kappa shape index (κ1) is 17.5. The van der Waals surface area contributed by atoms with Crippen molar-refractivity contribution < 1.29 is 9.32 Å². The van der Waals surface area contributed by atoms with Crippen LogP contribution in [-0.4, -0.2) is 21.0 Å². The number of para-hydroxylation sites is 1. The molecule has 3 heterocycles. The molecule has 1 N–H and O–H groups in total. The molecule has 0 saturated carbocycles. The van der Waals surface area contributed by atoms with E-state index in [-0.39, 0.29) is 5.91 Å². The second kappa shape index (κ2) is 6.79. The highest BCUT2D eigenvalue weighted by Crippen LogP contribution is 2.30. The van der Waals surface area contributed by atoms with Gasteiger partial charge in [-0.25, -0.2) is 9.97 Å². The molecular weight excluding hydrogens is 384 g/mol. The number of hydrogen-bond acceptors (Lipinski definition) is 6. The van der Waals surface area contributed by atoms with Crippen molar-refractivity contribution in [3.05, 3.63) is 71.4 Å². The van der Waals surface area contributed by atoms with E-state index in [9.17, 15) is 4.79 Å². The fourth-order valence-electron chi connectivity index (χ4n) is 3.33. The Balaban J connectivity index is 1.60. The Hall–Kier alpha value is -3.58. The van der Waals surface area contributed by atoms with E-state index < -0.39 is 0 Å². The summed E-state index contributed by atoms with van der Waals surface area (Å²) < 4.78 is 6.40. The first-order chi connectivity index (χ1) is 14.1. The standard InChI is InChI=1S/C22H16N4O2S/c1-12-7-6-10-17-19(12)24-22(29-17)25-20(27)15-11-16(14-8-4-3-5-9-14)23-21-18(15)13(2)26-28-21/h3-11H,1-2H3,(H,24,25,27). The van der Waals surface area contributed by atoms with E-state index in [0.29, 0.717) is 33.2 Å². The Kier molecular flexibility index (Phi) is 4.10. The molecule has 1 amide bonds. The number of fused-ring (bicyclic) bond motifs is 2. The van der Waals surface area contributed by atoms with Crippen molar-refractivity contribution >= 4 is 43.7 Å². The quantitative estimate of drug-likeness (QED) is 0.440. The van der Waals surface area contributed by atoms with E-state index in [1.807, 2.05) is 55.5 Å². The van der Waals surface area contributed by atoms with E-state index in [4.69, 9.17) is 4.52 Å². The van der Waals surface area contributed by atoms with Gasteiger partial charge in [0.25, 0.3) is 11.6 Å². The van der Waals surface area contributed by atoms with Crippen LogP contribution in [0.25, 0.3) is 32.6 Å². The van der Waals surface area contributed by atoms with Crippen molar-refractivity contribution in [1.82, 2.24) is 15.1 Å². The molecule has 29 heavy (non-hydrogen) atoms. The van der Waals surface area contributed by atoms with Gasteiger partial charge in [0.2, 0.25) is 0 Å². The summed E-state index contributed by atoms with van der Waals surface area (Å²) in [7, 11) is 0. The maximum Gasteiger partial charge on any atom is 0.259 e. The first-order valence-corrected chi connectivity index (χ1v) is 9.92. The van der Waals surface area contributed by atoms with Gasteiger partial charge < -0.3 is 4.52 Å². The third-order valence-electron chi connectivity index (χ3n) is 4.77. The monoisotopic (exact) mass is 400 g/mol. The van der Waals surface area contributed by atoms with Crippen LogP contribution in [0, 0.1) is 13.8 Å². The number of hydrogen-bond donors (Lipinski definition) is 1. The van der Waals surface area contributed by atoms with E-state index in [2.05, 4.69) is 20.4 Å². The van der Waals surface area contributed by atoms with Gasteiger partial charge in [-0.1, -0.05) is 59.0 Å². The molecule has 0 unspecified atom stereocenters. The Bertz CT molecular complexity index is 1370. The zero-order valence-corrected chi connectivity index (χ0v) is 16.6. The summed E-state index contributed by atoms with van der Waals surface area (Å²) in [6.45, 7) is 3.81. The minimum absolute atomic E-state index is 0.266. The molecule has 0 aliphatic rings. The van der Waals surface area contributed by atoms with E-state index in [1.54, 1.807) is 13.0 Å². The highest BCUT2D eigenvalue weighted by Gasteiger charge is 2.20. The highest BCUT2D eigenvalue weighted by atomic mass is 32.1. The van der Waals surface area contributed by atoms with Crippen LogP contribution in [0.5, 0.6) is 0 Å². The van der Waals surface area contributed by atoms with Crippen LogP contribution in [0.3, 0.4) is 0 Å². The number of aromatic nitrogens is 3. The maximum absolute atomic E-state index is 13.2. The lowest BCUT2D eigenvalue weighted by molar-refractivity contribution is 0.102. The fraction of sp³-hybridized carbons (Fsp3) is 0.0909. The van der Waals surface area contributed by atoms with Crippen molar-refractivity contribution in [3.63, 3.8) is 0 Å². The number of aryl methyl sites for hydroxylation is 2. The molecule has 0 aliphatic heterocycles. The topological polar surface area (TPSA) is 80.9 Å². The first-order valence-electron chi connectivity index (χ1n) is 9.10. The van der Waals surface area contributed by atoms with Crippen LogP contribution in [0.15, 0.2) is 59.1 Å². The zero-order valence-electron chi connectivity index (χ0n) is 15.8. The number of nitrogens with one attached hydrogen (secondary N) is 1. The van der Waals surface area contributed by atoms with Crippen molar-refractivity contribution in [2.24, 2.45) is 0 Å². The summed E-state index contributed by atoms with van der Waals surface area (Å²) in [5, 5.41) is 8.10. The minimum Gasteiger partial charge on any atom is -0.335 e. The molecule has 0 spiro atoms. The number of amides is 1. The molecule has 0 saturated heterocycles. The molecule has 7 heteroatoms. The van der Waals surface area contributed by atoms with Crippen molar-refractivity contribution in [2.75, 3.05) is 5.32 Å². The second-order valence-corrected chi connectivity index (χ2v) is 7.79. The number of benzene rings is 2. The summed E-state index contributed by atoms with van der Waals surface area (Å²) in [5.41, 5.74) is 4.95. The van der Waals surface area contributed by atoms with Gasteiger partial charge >= 0.3 is 0 Å². The molecule has 0 fully saturated rings. The molecule has 5 rings (SSSR count). The highest BCUT2D eigenvalue weighted by molar-refractivity contribution is 7.22. The lowest BCUT2D eigenvalue weighted by Gasteiger charge is -2.06. The Labute approximate surface area is 170 Å². The predicted molar refractivity (Wildman–Crippen MR) is 114 cm³/mol. The Morgan fingerprint density at radius 3 is 2.66 bits per heavy atom. The minimum atomic E-state index is -0.266. The van der Waals surface area contributed by atoms with Crippen LogP contribution in [0.2, 0.25) is 0 Å². The zero-order chi connectivity index (χ0) is 20.0. The summed E-state index contributed by atoms with van der Waals surface area (Å²) in [6.07, 6.45) is 0. The number of pyridine rings is 1. The van der Waals surface area contributed by atoms with Crippen LogP contribution in [-0.2, 0) is 0 Å². The Morgan fingerprint density at radius 2 is 1.86 bits per heavy atom. The normalized spacial score (nSPS) is 11.2. The lowest BCUT2D eigenvalue weighted by atomic mass is 10.1. The lowest BCUT2D eigenvalue weighted by Crippen LogP contribution is -2.13. The molecule has 0 atom stereocenters. The predicted octanol–water partition coefficient (Wildman–Crippen LogP) is 5.37. The summed E-state index contributed by atoms with van der Waals surface area (Å²) in [4.78, 5) is 22.3. The van der Waals surface area contributed by atoms with Crippen LogP contribution >= 0.6 is 11.3 Å². The Morgan fingerprint density at radius 1 is 1.03 bits per heavy atom. The van der Waals surface area contributed by atoms with Gasteiger partial charge in [-0.15, -0.1) is 0 Å². The molecule has 3 aromatic heterocycles. The van der Waals surface area contributed by atoms with Crippen molar-refractivity contribution in [1.29, 1.82) is 0 Å². The number of thiazole rings is 1. The van der Waals surface area contributed by atoms with Gasteiger partial charge in [-0.2, -0.15) is 0 Å². The van der Waals surface area contributed by atoms with Crippen LogP contribution in [0.4, 0.5) is 5.13 Å². The fourth-order valence-corrected chi connectivity index (χ4v) is 4.27. The number of carbonyl (C=O) groups excluding carboxylic acids is 1. The molecule has 0 radical (unpaired) electrons. The van der Waals surface area contributed by atoms with Gasteiger partial charge in [-0.3, -0.25) is 10.1 Å².